The monoisotopic (exact) mass is 369 g/mol. The largest absolute Gasteiger partial charge is 0.362 e. The SMILES string of the molecule is CCN1c2ccccc2N[C@@H]2[C@H]1[C@@H](C(C)=O)C(=O)N2c1ccc(Cl)cc1. The lowest BCUT2D eigenvalue weighted by atomic mass is 9.93. The number of ketones is 1. The first-order valence-corrected chi connectivity index (χ1v) is 9.12. The van der Waals surface area contributed by atoms with Crippen molar-refractivity contribution in [3.05, 3.63) is 53.6 Å². The van der Waals surface area contributed by atoms with Gasteiger partial charge in [0.05, 0.1) is 17.4 Å². The Morgan fingerprint density at radius 2 is 1.85 bits per heavy atom. The van der Waals surface area contributed by atoms with Gasteiger partial charge >= 0.3 is 0 Å². The van der Waals surface area contributed by atoms with E-state index in [1.165, 1.54) is 6.92 Å². The van der Waals surface area contributed by atoms with Crippen molar-refractivity contribution < 1.29 is 9.59 Å². The van der Waals surface area contributed by atoms with Crippen molar-refractivity contribution in [1.82, 2.24) is 0 Å². The third-order valence-electron chi connectivity index (χ3n) is 5.21. The Labute approximate surface area is 157 Å². The molecule has 0 bridgehead atoms. The molecule has 1 saturated heterocycles. The molecule has 134 valence electrons. The van der Waals surface area contributed by atoms with Crippen molar-refractivity contribution in [2.24, 2.45) is 5.92 Å². The van der Waals surface area contributed by atoms with Gasteiger partial charge in [-0.2, -0.15) is 0 Å². The number of hydrogen-bond acceptors (Lipinski definition) is 4. The van der Waals surface area contributed by atoms with Crippen LogP contribution in [0.2, 0.25) is 5.02 Å². The summed E-state index contributed by atoms with van der Waals surface area (Å²) in [4.78, 5) is 29.5. The minimum atomic E-state index is -0.698. The molecule has 0 unspecified atom stereocenters. The van der Waals surface area contributed by atoms with Crippen LogP contribution in [0.3, 0.4) is 0 Å². The molecule has 5 nitrogen and oxygen atoms in total. The van der Waals surface area contributed by atoms with E-state index in [0.717, 1.165) is 17.1 Å². The Bertz CT molecular complexity index is 868. The molecule has 6 heteroatoms. The minimum absolute atomic E-state index is 0.110. The van der Waals surface area contributed by atoms with Crippen molar-refractivity contribution in [1.29, 1.82) is 0 Å². The van der Waals surface area contributed by atoms with Crippen LogP contribution in [0.5, 0.6) is 0 Å². The number of Topliss-reactive ketones (excluding diaryl/α,β-unsaturated/α-hetero) is 1. The lowest BCUT2D eigenvalue weighted by Crippen LogP contribution is -2.55. The Balaban J connectivity index is 1.85. The number of benzene rings is 2. The number of likely N-dealkylation sites (N-methyl/N-ethyl adjacent to an activating group) is 1. The van der Waals surface area contributed by atoms with Crippen LogP contribution >= 0.6 is 11.6 Å². The number of halogens is 1. The first kappa shape index (κ1) is 16.9. The summed E-state index contributed by atoms with van der Waals surface area (Å²) in [6.07, 6.45) is -0.313. The number of nitrogens with zero attached hydrogens (tertiary/aromatic N) is 2. The van der Waals surface area contributed by atoms with Crippen LogP contribution in [0.4, 0.5) is 17.1 Å². The fourth-order valence-electron chi connectivity index (χ4n) is 4.12. The average molecular weight is 370 g/mol. The quantitative estimate of drug-likeness (QED) is 0.841. The third kappa shape index (κ3) is 2.46. The summed E-state index contributed by atoms with van der Waals surface area (Å²) in [5.74, 6) is -0.980. The standard InChI is InChI=1S/C20H20ClN3O2/c1-3-23-16-7-5-4-6-15(16)22-19-18(23)17(12(2)25)20(26)24(19)14-10-8-13(21)9-11-14/h4-11,17-19,22H,3H2,1-2H3/t17-,18-,19+/m1/s1. The van der Waals surface area contributed by atoms with E-state index in [9.17, 15) is 9.59 Å². The topological polar surface area (TPSA) is 52.7 Å². The number of hydrogen-bond donors (Lipinski definition) is 1. The summed E-state index contributed by atoms with van der Waals surface area (Å²) in [7, 11) is 0. The van der Waals surface area contributed by atoms with E-state index < -0.39 is 5.92 Å². The number of anilines is 3. The molecule has 0 aromatic heterocycles. The lowest BCUT2D eigenvalue weighted by molar-refractivity contribution is -0.129. The molecule has 0 spiro atoms. The molecule has 1 fully saturated rings. The highest BCUT2D eigenvalue weighted by Crippen LogP contribution is 2.43. The summed E-state index contributed by atoms with van der Waals surface area (Å²) < 4.78 is 0. The Hall–Kier alpha value is -2.53. The maximum absolute atomic E-state index is 13.2. The van der Waals surface area contributed by atoms with Crippen molar-refractivity contribution in [3.63, 3.8) is 0 Å². The Kier molecular flexibility index (Phi) is 4.11. The van der Waals surface area contributed by atoms with E-state index in [-0.39, 0.29) is 23.9 Å². The fourth-order valence-corrected chi connectivity index (χ4v) is 4.25. The maximum Gasteiger partial charge on any atom is 0.241 e. The van der Waals surface area contributed by atoms with E-state index in [2.05, 4.69) is 10.2 Å². The maximum atomic E-state index is 13.2. The van der Waals surface area contributed by atoms with E-state index in [1.54, 1.807) is 17.0 Å². The van der Waals surface area contributed by atoms with Gasteiger partial charge in [-0.15, -0.1) is 0 Å². The summed E-state index contributed by atoms with van der Waals surface area (Å²) >= 11 is 6.00. The molecule has 4 rings (SSSR count). The molecular formula is C20H20ClN3O2. The van der Waals surface area contributed by atoms with Gasteiger partial charge in [-0.25, -0.2) is 0 Å². The van der Waals surface area contributed by atoms with Gasteiger partial charge in [0.25, 0.3) is 0 Å². The zero-order chi connectivity index (χ0) is 18.4. The van der Waals surface area contributed by atoms with Crippen LogP contribution in [0.25, 0.3) is 0 Å². The van der Waals surface area contributed by atoms with E-state index in [4.69, 9.17) is 11.6 Å². The average Bonchev–Trinajstić information content (AvgIpc) is 2.92. The van der Waals surface area contributed by atoms with Crippen LogP contribution in [0.1, 0.15) is 13.8 Å². The van der Waals surface area contributed by atoms with Crippen molar-refractivity contribution >= 4 is 40.4 Å². The summed E-state index contributed by atoms with van der Waals surface area (Å²) in [6, 6.07) is 14.9. The minimum Gasteiger partial charge on any atom is -0.362 e. The third-order valence-corrected chi connectivity index (χ3v) is 5.46. The second kappa shape index (κ2) is 6.32. The number of para-hydroxylation sites is 2. The highest BCUT2D eigenvalue weighted by atomic mass is 35.5. The highest BCUT2D eigenvalue weighted by molar-refractivity contribution is 6.30. The van der Waals surface area contributed by atoms with Gasteiger partial charge in [0, 0.05) is 17.3 Å². The predicted octanol–water partition coefficient (Wildman–Crippen LogP) is 3.54. The number of nitrogens with one attached hydrogen (secondary N) is 1. The zero-order valence-electron chi connectivity index (χ0n) is 14.6. The molecule has 0 radical (unpaired) electrons. The first-order chi connectivity index (χ1) is 12.5. The Morgan fingerprint density at radius 3 is 2.50 bits per heavy atom. The smallest absolute Gasteiger partial charge is 0.241 e. The van der Waals surface area contributed by atoms with E-state index >= 15 is 0 Å². The molecule has 1 amide bonds. The number of rotatable bonds is 3. The van der Waals surface area contributed by atoms with Crippen molar-refractivity contribution in [2.45, 2.75) is 26.1 Å². The summed E-state index contributed by atoms with van der Waals surface area (Å²) in [6.45, 7) is 4.26. The van der Waals surface area contributed by atoms with Crippen LogP contribution < -0.4 is 15.1 Å². The van der Waals surface area contributed by atoms with Crippen LogP contribution in [-0.2, 0) is 9.59 Å². The van der Waals surface area contributed by atoms with Crippen molar-refractivity contribution in [2.75, 3.05) is 21.7 Å². The number of carbonyl (C=O) groups excluding carboxylic acids is 2. The second-order valence-corrected chi connectivity index (χ2v) is 7.09. The van der Waals surface area contributed by atoms with Crippen LogP contribution in [0, 0.1) is 5.92 Å². The summed E-state index contributed by atoms with van der Waals surface area (Å²) in [5.41, 5.74) is 2.72. The zero-order valence-corrected chi connectivity index (χ0v) is 15.4. The number of amides is 1. The highest BCUT2D eigenvalue weighted by Gasteiger charge is 2.55. The molecule has 26 heavy (non-hydrogen) atoms. The molecule has 2 heterocycles. The molecule has 2 aliphatic rings. The fraction of sp³-hybridized carbons (Fsp3) is 0.300. The van der Waals surface area contributed by atoms with Gasteiger partial charge in [0.2, 0.25) is 5.91 Å². The van der Waals surface area contributed by atoms with Crippen molar-refractivity contribution in [3.8, 4) is 0 Å². The van der Waals surface area contributed by atoms with E-state index in [0.29, 0.717) is 11.6 Å². The Morgan fingerprint density at radius 1 is 1.15 bits per heavy atom. The first-order valence-electron chi connectivity index (χ1n) is 8.74. The summed E-state index contributed by atoms with van der Waals surface area (Å²) in [5, 5.41) is 4.09. The number of carbonyl (C=O) groups is 2. The molecule has 2 aromatic rings. The van der Waals surface area contributed by atoms with E-state index in [1.807, 2.05) is 43.3 Å². The van der Waals surface area contributed by atoms with Gasteiger partial charge in [0.1, 0.15) is 17.9 Å². The predicted molar refractivity (Wildman–Crippen MR) is 104 cm³/mol. The molecule has 2 aliphatic heterocycles. The number of fused-ring (bicyclic) bond motifs is 2. The van der Waals surface area contributed by atoms with Gasteiger partial charge in [-0.05, 0) is 50.2 Å². The molecule has 0 saturated carbocycles. The second-order valence-electron chi connectivity index (χ2n) is 6.66. The van der Waals surface area contributed by atoms with Crippen LogP contribution in [-0.4, -0.2) is 30.4 Å². The van der Waals surface area contributed by atoms with Gasteiger partial charge < -0.3 is 10.2 Å². The lowest BCUT2D eigenvalue weighted by Gasteiger charge is -2.43. The molecule has 2 aromatic carbocycles. The van der Waals surface area contributed by atoms with Crippen LogP contribution in [0.15, 0.2) is 48.5 Å². The molecule has 0 aliphatic carbocycles. The van der Waals surface area contributed by atoms with Gasteiger partial charge in [-0.1, -0.05) is 23.7 Å². The van der Waals surface area contributed by atoms with Gasteiger partial charge in [-0.3, -0.25) is 14.5 Å². The van der Waals surface area contributed by atoms with Gasteiger partial charge in [0.15, 0.2) is 0 Å². The molecule has 1 N–H and O–H groups in total. The molecule has 3 atom stereocenters. The molecular weight excluding hydrogens is 350 g/mol. The normalized spacial score (nSPS) is 24.1.